The minimum Gasteiger partial charge on any atom is -0.299 e. The molecule has 0 spiro atoms. The summed E-state index contributed by atoms with van der Waals surface area (Å²) in [5.41, 5.74) is 0.934. The minimum atomic E-state index is 0. The van der Waals surface area contributed by atoms with Gasteiger partial charge in [0.25, 0.3) is 0 Å². The molecule has 0 aromatic rings. The van der Waals surface area contributed by atoms with Gasteiger partial charge in [-0.15, -0.1) is 17.0 Å². The van der Waals surface area contributed by atoms with Gasteiger partial charge >= 0.3 is 0 Å². The highest BCUT2D eigenvalue weighted by Gasteiger charge is 2.24. The van der Waals surface area contributed by atoms with E-state index in [2.05, 4.69) is 4.99 Å². The first-order valence-electron chi connectivity index (χ1n) is 3.80. The Hall–Kier alpha value is -0.700. The molecule has 0 fully saturated rings. The van der Waals surface area contributed by atoms with Crippen LogP contribution in [-0.2, 0) is 4.79 Å². The summed E-state index contributed by atoms with van der Waals surface area (Å²) >= 11 is 0. The van der Waals surface area contributed by atoms with Crippen molar-refractivity contribution in [2.24, 2.45) is 10.9 Å². The number of ketones is 1. The third-order valence-corrected chi connectivity index (χ3v) is 2.05. The maximum atomic E-state index is 11.3. The molecule has 3 heteroatoms. The van der Waals surface area contributed by atoms with Crippen molar-refractivity contribution in [2.45, 2.75) is 12.8 Å². The molecule has 1 heterocycles. The Morgan fingerprint density at radius 2 is 2.33 bits per heavy atom. The molecular formula is C9H10BrNO. The van der Waals surface area contributed by atoms with Crippen LogP contribution in [0.15, 0.2) is 28.9 Å². The quantitative estimate of drug-likeness (QED) is 0.624. The molecule has 1 unspecified atom stereocenters. The van der Waals surface area contributed by atoms with Crippen molar-refractivity contribution in [1.29, 1.82) is 0 Å². The van der Waals surface area contributed by atoms with E-state index in [9.17, 15) is 4.79 Å². The van der Waals surface area contributed by atoms with Crippen LogP contribution >= 0.6 is 17.0 Å². The predicted molar refractivity (Wildman–Crippen MR) is 53.8 cm³/mol. The Balaban J connectivity index is 0.000000720. The number of hydrogen-bond acceptors (Lipinski definition) is 2. The Labute approximate surface area is 81.8 Å². The topological polar surface area (TPSA) is 29.4 Å². The Kier molecular flexibility index (Phi) is 2.98. The summed E-state index contributed by atoms with van der Waals surface area (Å²) < 4.78 is 0. The van der Waals surface area contributed by atoms with E-state index >= 15 is 0 Å². The van der Waals surface area contributed by atoms with E-state index in [4.69, 9.17) is 0 Å². The monoisotopic (exact) mass is 227 g/mol. The Morgan fingerprint density at radius 3 is 3.08 bits per heavy atom. The van der Waals surface area contributed by atoms with Gasteiger partial charge in [-0.1, -0.05) is 12.2 Å². The van der Waals surface area contributed by atoms with Gasteiger partial charge < -0.3 is 0 Å². The van der Waals surface area contributed by atoms with Crippen LogP contribution in [-0.4, -0.2) is 12.0 Å². The zero-order valence-electron chi connectivity index (χ0n) is 6.56. The minimum absolute atomic E-state index is 0. The van der Waals surface area contributed by atoms with Crippen molar-refractivity contribution in [1.82, 2.24) is 0 Å². The number of rotatable bonds is 0. The normalized spacial score (nSPS) is 25.8. The highest BCUT2D eigenvalue weighted by atomic mass is 79.9. The predicted octanol–water partition coefficient (Wildman–Crippen LogP) is 2.07. The first-order valence-corrected chi connectivity index (χ1v) is 3.80. The molecule has 2 aliphatic rings. The van der Waals surface area contributed by atoms with Gasteiger partial charge in [-0.05, 0) is 12.5 Å². The van der Waals surface area contributed by atoms with Crippen molar-refractivity contribution in [2.75, 3.05) is 0 Å². The van der Waals surface area contributed by atoms with Crippen LogP contribution in [0, 0.1) is 5.92 Å². The number of halogens is 1. The van der Waals surface area contributed by atoms with Crippen LogP contribution in [0.5, 0.6) is 0 Å². The average Bonchev–Trinajstić information content (AvgIpc) is 2.06. The van der Waals surface area contributed by atoms with E-state index in [1.165, 1.54) is 0 Å². The smallest absolute Gasteiger partial charge is 0.147 e. The van der Waals surface area contributed by atoms with E-state index < -0.39 is 0 Å². The zero-order valence-corrected chi connectivity index (χ0v) is 8.28. The lowest BCUT2D eigenvalue weighted by Gasteiger charge is -2.19. The second kappa shape index (κ2) is 3.81. The molecule has 2 rings (SSSR count). The summed E-state index contributed by atoms with van der Waals surface area (Å²) in [6.45, 7) is 0. The maximum absolute atomic E-state index is 11.3. The van der Waals surface area contributed by atoms with Gasteiger partial charge in [0.15, 0.2) is 0 Å². The van der Waals surface area contributed by atoms with Crippen LogP contribution in [0.25, 0.3) is 0 Å². The lowest BCUT2D eigenvalue weighted by atomic mass is 9.90. The number of carbonyl (C=O) groups excluding carboxylic acids is 1. The fourth-order valence-electron chi connectivity index (χ4n) is 1.43. The molecule has 0 saturated heterocycles. The van der Waals surface area contributed by atoms with Crippen LogP contribution in [0.2, 0.25) is 0 Å². The number of carbonyl (C=O) groups is 1. The second-order valence-corrected chi connectivity index (χ2v) is 2.79. The van der Waals surface area contributed by atoms with Crippen molar-refractivity contribution in [3.63, 3.8) is 0 Å². The highest BCUT2D eigenvalue weighted by molar-refractivity contribution is 8.93. The third kappa shape index (κ3) is 1.55. The maximum Gasteiger partial charge on any atom is 0.147 e. The molecule has 0 amide bonds. The van der Waals surface area contributed by atoms with Crippen LogP contribution in [0.1, 0.15) is 12.8 Å². The first kappa shape index (κ1) is 9.39. The number of aliphatic imine (C=N–C) groups is 1. The Bertz CT molecular complexity index is 278. The van der Waals surface area contributed by atoms with Gasteiger partial charge in [-0.25, -0.2) is 0 Å². The van der Waals surface area contributed by atoms with Crippen molar-refractivity contribution in [3.05, 3.63) is 23.9 Å². The van der Waals surface area contributed by atoms with E-state index in [1.807, 2.05) is 18.2 Å². The van der Waals surface area contributed by atoms with E-state index in [1.54, 1.807) is 6.21 Å². The molecule has 0 N–H and O–H groups in total. The van der Waals surface area contributed by atoms with Crippen LogP contribution in [0.3, 0.4) is 0 Å². The first-order chi connectivity index (χ1) is 5.38. The summed E-state index contributed by atoms with van der Waals surface area (Å²) in [7, 11) is 0. The van der Waals surface area contributed by atoms with Crippen molar-refractivity contribution >= 4 is 29.0 Å². The lowest BCUT2D eigenvalue weighted by Crippen LogP contribution is -2.20. The molecule has 12 heavy (non-hydrogen) atoms. The molecular weight excluding hydrogens is 218 g/mol. The molecule has 1 aliphatic heterocycles. The molecule has 1 atom stereocenters. The molecule has 1 aliphatic carbocycles. The zero-order chi connectivity index (χ0) is 7.68. The number of Topliss-reactive ketones (excluding diaryl/α,β-unsaturated/α-hetero) is 1. The highest BCUT2D eigenvalue weighted by Crippen LogP contribution is 2.25. The summed E-state index contributed by atoms with van der Waals surface area (Å²) in [4.78, 5) is 15.4. The van der Waals surface area contributed by atoms with Gasteiger partial charge in [0.1, 0.15) is 5.78 Å². The van der Waals surface area contributed by atoms with Gasteiger partial charge in [0.2, 0.25) is 0 Å². The summed E-state index contributed by atoms with van der Waals surface area (Å²) in [6, 6.07) is 0. The average molecular weight is 228 g/mol. The number of fused-ring (bicyclic) bond motifs is 1. The van der Waals surface area contributed by atoms with E-state index in [-0.39, 0.29) is 22.9 Å². The number of nitrogens with zero attached hydrogens (tertiary/aromatic N) is 1. The van der Waals surface area contributed by atoms with E-state index in [0.717, 1.165) is 12.1 Å². The second-order valence-electron chi connectivity index (χ2n) is 2.79. The SMILES string of the molecule is Br.O=C1CC=NC2=CC=CCC12. The molecule has 2 nitrogen and oxygen atoms in total. The fourth-order valence-corrected chi connectivity index (χ4v) is 1.43. The lowest BCUT2D eigenvalue weighted by molar-refractivity contribution is -0.120. The summed E-state index contributed by atoms with van der Waals surface area (Å²) in [6.07, 6.45) is 8.94. The van der Waals surface area contributed by atoms with Gasteiger partial charge in [-0.3, -0.25) is 9.79 Å². The molecule has 0 bridgehead atoms. The summed E-state index contributed by atoms with van der Waals surface area (Å²) in [5.74, 6) is 0.362. The Morgan fingerprint density at radius 1 is 1.50 bits per heavy atom. The molecule has 0 aromatic heterocycles. The standard InChI is InChI=1S/C9H9NO.BrH/c11-9-5-6-10-8-4-2-1-3-7(8)9;/h1-2,4,6-7H,3,5H2;1H. The van der Waals surface area contributed by atoms with Gasteiger partial charge in [-0.2, -0.15) is 0 Å². The van der Waals surface area contributed by atoms with Crippen LogP contribution < -0.4 is 0 Å². The molecule has 64 valence electrons. The van der Waals surface area contributed by atoms with Crippen molar-refractivity contribution in [3.8, 4) is 0 Å². The van der Waals surface area contributed by atoms with Crippen molar-refractivity contribution < 1.29 is 4.79 Å². The fraction of sp³-hybridized carbons (Fsp3) is 0.333. The van der Waals surface area contributed by atoms with Crippen LogP contribution in [0.4, 0.5) is 0 Å². The molecule has 0 saturated carbocycles. The summed E-state index contributed by atoms with van der Waals surface area (Å²) in [5, 5.41) is 0. The van der Waals surface area contributed by atoms with E-state index in [0.29, 0.717) is 12.2 Å². The number of allylic oxidation sites excluding steroid dienone is 4. The number of hydrogen-bond donors (Lipinski definition) is 0. The molecule has 0 aromatic carbocycles. The third-order valence-electron chi connectivity index (χ3n) is 2.05. The molecule has 0 radical (unpaired) electrons. The van der Waals surface area contributed by atoms with Gasteiger partial charge in [0, 0.05) is 12.6 Å². The van der Waals surface area contributed by atoms with Gasteiger partial charge in [0.05, 0.1) is 11.6 Å². The largest absolute Gasteiger partial charge is 0.299 e.